The van der Waals surface area contributed by atoms with E-state index in [-0.39, 0.29) is 5.41 Å². The number of hydrogen-bond donors (Lipinski definition) is 0. The lowest BCUT2D eigenvalue weighted by atomic mass is 9.70. The highest BCUT2D eigenvalue weighted by Gasteiger charge is 2.51. The van der Waals surface area contributed by atoms with Crippen molar-refractivity contribution in [1.82, 2.24) is 0 Å². The average Bonchev–Trinajstić information content (AvgIpc) is 3.62. The van der Waals surface area contributed by atoms with Crippen molar-refractivity contribution in [1.29, 1.82) is 0 Å². The standard InChI is InChI=1S/C47H30/c1-2-13-32-28-36(27-26-31(32)12-1)34-15-9-14-33(29-34)35-16-10-17-37(30-35)38-21-11-25-45-46(38)41-20-5-8-24-44(41)47(45)42-22-6-3-18-39(42)40-19-4-7-23-43(40)47/h1-30H. The minimum Gasteiger partial charge on any atom is -0.0619 e. The Morgan fingerprint density at radius 1 is 0.255 bits per heavy atom. The summed E-state index contributed by atoms with van der Waals surface area (Å²) in [5.74, 6) is 0. The molecule has 2 aliphatic rings. The second-order valence-corrected chi connectivity index (χ2v) is 12.8. The van der Waals surface area contributed by atoms with Crippen molar-refractivity contribution in [3.05, 3.63) is 204 Å². The van der Waals surface area contributed by atoms with Gasteiger partial charge >= 0.3 is 0 Å². The first-order valence-electron chi connectivity index (χ1n) is 16.4. The Bertz CT molecular complexity index is 2480. The summed E-state index contributed by atoms with van der Waals surface area (Å²) in [6.45, 7) is 0. The van der Waals surface area contributed by atoms with Crippen LogP contribution in [0.2, 0.25) is 0 Å². The summed E-state index contributed by atoms with van der Waals surface area (Å²) in [5, 5.41) is 2.53. The predicted molar refractivity (Wildman–Crippen MR) is 197 cm³/mol. The Morgan fingerprint density at radius 2 is 0.702 bits per heavy atom. The van der Waals surface area contributed by atoms with E-state index in [1.165, 1.54) is 88.7 Å². The molecule has 10 rings (SSSR count). The molecule has 47 heavy (non-hydrogen) atoms. The molecular weight excluding hydrogens is 565 g/mol. The molecule has 0 heteroatoms. The summed E-state index contributed by atoms with van der Waals surface area (Å²) < 4.78 is 0. The lowest BCUT2D eigenvalue weighted by Crippen LogP contribution is -2.25. The van der Waals surface area contributed by atoms with Crippen LogP contribution in [0.15, 0.2) is 182 Å². The summed E-state index contributed by atoms with van der Waals surface area (Å²) in [6, 6.07) is 67.4. The van der Waals surface area contributed by atoms with Gasteiger partial charge < -0.3 is 0 Å². The van der Waals surface area contributed by atoms with Gasteiger partial charge in [-0.15, -0.1) is 0 Å². The van der Waals surface area contributed by atoms with Crippen molar-refractivity contribution in [3.63, 3.8) is 0 Å². The molecule has 0 bridgehead atoms. The third-order valence-electron chi connectivity index (χ3n) is 10.5. The molecule has 8 aromatic carbocycles. The van der Waals surface area contributed by atoms with Crippen LogP contribution in [-0.4, -0.2) is 0 Å². The Balaban J connectivity index is 1.14. The van der Waals surface area contributed by atoms with Crippen molar-refractivity contribution >= 4 is 10.8 Å². The zero-order valence-corrected chi connectivity index (χ0v) is 25.8. The number of benzene rings is 8. The van der Waals surface area contributed by atoms with E-state index in [1.807, 2.05) is 0 Å². The Hall–Kier alpha value is -5.98. The highest BCUT2D eigenvalue weighted by molar-refractivity contribution is 6.00. The van der Waals surface area contributed by atoms with Gasteiger partial charge in [-0.1, -0.05) is 164 Å². The molecular formula is C47H30. The van der Waals surface area contributed by atoms with E-state index in [2.05, 4.69) is 182 Å². The second-order valence-electron chi connectivity index (χ2n) is 12.8. The van der Waals surface area contributed by atoms with Gasteiger partial charge in [0.15, 0.2) is 0 Å². The van der Waals surface area contributed by atoms with Crippen molar-refractivity contribution in [2.24, 2.45) is 0 Å². The maximum absolute atomic E-state index is 2.37. The van der Waals surface area contributed by atoms with E-state index in [0.29, 0.717) is 0 Å². The maximum atomic E-state index is 2.37. The summed E-state index contributed by atoms with van der Waals surface area (Å²) in [6.07, 6.45) is 0. The highest BCUT2D eigenvalue weighted by Crippen LogP contribution is 2.63. The molecule has 0 N–H and O–H groups in total. The van der Waals surface area contributed by atoms with E-state index >= 15 is 0 Å². The third kappa shape index (κ3) is 3.70. The van der Waals surface area contributed by atoms with Crippen LogP contribution in [0.1, 0.15) is 22.3 Å². The van der Waals surface area contributed by atoms with E-state index in [4.69, 9.17) is 0 Å². The molecule has 0 aliphatic heterocycles. The van der Waals surface area contributed by atoms with Crippen LogP contribution >= 0.6 is 0 Å². The van der Waals surface area contributed by atoms with E-state index in [9.17, 15) is 0 Å². The zero-order valence-electron chi connectivity index (χ0n) is 25.8. The molecule has 0 radical (unpaired) electrons. The van der Waals surface area contributed by atoms with Gasteiger partial charge in [-0.05, 0) is 107 Å². The summed E-state index contributed by atoms with van der Waals surface area (Å²) in [5.41, 5.74) is 17.9. The minimum absolute atomic E-state index is 0.332. The van der Waals surface area contributed by atoms with Gasteiger partial charge in [-0.3, -0.25) is 0 Å². The van der Waals surface area contributed by atoms with Crippen molar-refractivity contribution in [2.45, 2.75) is 5.41 Å². The van der Waals surface area contributed by atoms with Crippen LogP contribution in [0.4, 0.5) is 0 Å². The first-order valence-corrected chi connectivity index (χ1v) is 16.4. The van der Waals surface area contributed by atoms with Gasteiger partial charge in [0, 0.05) is 0 Å². The predicted octanol–water partition coefficient (Wildman–Crippen LogP) is 12.2. The van der Waals surface area contributed by atoms with Crippen LogP contribution in [-0.2, 0) is 5.41 Å². The first-order chi connectivity index (χ1) is 23.3. The molecule has 2 aliphatic carbocycles. The number of fused-ring (bicyclic) bond motifs is 11. The largest absolute Gasteiger partial charge is 0.0725 e. The fraction of sp³-hybridized carbons (Fsp3) is 0.0213. The molecule has 0 aromatic heterocycles. The lowest BCUT2D eigenvalue weighted by molar-refractivity contribution is 0.794. The minimum atomic E-state index is -0.332. The van der Waals surface area contributed by atoms with Crippen LogP contribution in [0.3, 0.4) is 0 Å². The van der Waals surface area contributed by atoms with Crippen LogP contribution in [0.5, 0.6) is 0 Å². The molecule has 0 unspecified atom stereocenters. The summed E-state index contributed by atoms with van der Waals surface area (Å²) in [7, 11) is 0. The Kier molecular flexibility index (Phi) is 5.59. The van der Waals surface area contributed by atoms with E-state index in [0.717, 1.165) is 0 Å². The molecule has 0 heterocycles. The van der Waals surface area contributed by atoms with E-state index in [1.54, 1.807) is 0 Å². The van der Waals surface area contributed by atoms with Crippen LogP contribution in [0.25, 0.3) is 66.4 Å². The normalized spacial score (nSPS) is 13.3. The maximum Gasteiger partial charge on any atom is 0.0725 e. The van der Waals surface area contributed by atoms with Crippen LogP contribution < -0.4 is 0 Å². The average molecular weight is 595 g/mol. The van der Waals surface area contributed by atoms with Gasteiger partial charge in [-0.25, -0.2) is 0 Å². The monoisotopic (exact) mass is 594 g/mol. The summed E-state index contributed by atoms with van der Waals surface area (Å²) >= 11 is 0. The number of rotatable bonds is 3. The lowest BCUT2D eigenvalue weighted by Gasteiger charge is -2.30. The molecule has 218 valence electrons. The zero-order chi connectivity index (χ0) is 31.0. The third-order valence-corrected chi connectivity index (χ3v) is 10.5. The SMILES string of the molecule is c1cc(-c2cccc(-c3cccc4c3-c3ccccc3C43c4ccccc4-c4ccccc43)c2)cc(-c2ccc3ccccc3c2)c1. The van der Waals surface area contributed by atoms with Gasteiger partial charge in [-0.2, -0.15) is 0 Å². The van der Waals surface area contributed by atoms with E-state index < -0.39 is 0 Å². The van der Waals surface area contributed by atoms with Crippen LogP contribution in [0, 0.1) is 0 Å². The number of hydrogen-bond acceptors (Lipinski definition) is 0. The van der Waals surface area contributed by atoms with Gasteiger partial charge in [0.1, 0.15) is 0 Å². The Labute approximate surface area is 275 Å². The molecule has 0 nitrogen and oxygen atoms in total. The molecule has 8 aromatic rings. The van der Waals surface area contributed by atoms with Gasteiger partial charge in [0.25, 0.3) is 0 Å². The molecule has 0 atom stereocenters. The van der Waals surface area contributed by atoms with Gasteiger partial charge in [0.2, 0.25) is 0 Å². The van der Waals surface area contributed by atoms with Crippen molar-refractivity contribution < 1.29 is 0 Å². The second kappa shape index (κ2) is 10.0. The fourth-order valence-electron chi connectivity index (χ4n) is 8.50. The first kappa shape index (κ1) is 26.3. The molecule has 1 spiro atoms. The summed E-state index contributed by atoms with van der Waals surface area (Å²) in [4.78, 5) is 0. The molecule has 0 saturated carbocycles. The topological polar surface area (TPSA) is 0 Å². The van der Waals surface area contributed by atoms with Crippen molar-refractivity contribution in [2.75, 3.05) is 0 Å². The fourth-order valence-corrected chi connectivity index (χ4v) is 8.50. The van der Waals surface area contributed by atoms with Gasteiger partial charge in [0.05, 0.1) is 5.41 Å². The molecule has 0 saturated heterocycles. The quantitative estimate of drug-likeness (QED) is 0.191. The smallest absolute Gasteiger partial charge is 0.0619 e. The molecule has 0 amide bonds. The Morgan fingerprint density at radius 3 is 1.38 bits per heavy atom. The highest BCUT2D eigenvalue weighted by atomic mass is 14.5. The molecule has 0 fully saturated rings. The van der Waals surface area contributed by atoms with Crippen molar-refractivity contribution in [3.8, 4) is 55.6 Å².